The first-order valence-electron chi connectivity index (χ1n) is 8.83. The molecule has 28 heavy (non-hydrogen) atoms. The minimum atomic E-state index is -3.69. The van der Waals surface area contributed by atoms with E-state index in [1.54, 1.807) is 6.07 Å². The van der Waals surface area contributed by atoms with Crippen molar-refractivity contribution in [1.29, 1.82) is 0 Å². The molecule has 0 saturated heterocycles. The third-order valence-corrected chi connectivity index (χ3v) is 6.34. The molecule has 0 bridgehead atoms. The molecule has 1 N–H and O–H groups in total. The zero-order valence-corrected chi connectivity index (χ0v) is 17.6. The number of methoxy groups -OCH3 is 1. The lowest BCUT2D eigenvalue weighted by Crippen LogP contribution is -2.24. The van der Waals surface area contributed by atoms with Crippen molar-refractivity contribution in [2.45, 2.75) is 31.8 Å². The monoisotopic (exact) mass is 418 g/mol. The van der Waals surface area contributed by atoms with Crippen LogP contribution in [0, 0.1) is 13.8 Å². The van der Waals surface area contributed by atoms with Crippen LogP contribution in [-0.4, -0.2) is 20.1 Å². The normalized spacial score (nSPS) is 11.6. The average molecular weight is 419 g/mol. The summed E-state index contributed by atoms with van der Waals surface area (Å²) < 4.78 is 35.0. The summed E-state index contributed by atoms with van der Waals surface area (Å²) in [6, 6.07) is 14.6. The zero-order valence-electron chi connectivity index (χ0n) is 16.1. The summed E-state index contributed by atoms with van der Waals surface area (Å²) in [6.45, 7) is 5.01. The molecule has 7 heteroatoms. The second-order valence-corrected chi connectivity index (χ2v) is 8.85. The van der Waals surface area contributed by atoms with Crippen LogP contribution >= 0.6 is 11.6 Å². The van der Waals surface area contributed by atoms with E-state index < -0.39 is 10.0 Å². The standard InChI is InChI=1S/C21H23ClN2O3S/c1-15-6-7-16(2)17(11-15)14-24-10-4-5-18(24)13-23-28(25,26)19-8-9-21(27-3)20(22)12-19/h4-12,23H,13-14H2,1-3H3. The number of hydrogen-bond donors (Lipinski definition) is 1. The Bertz CT molecular complexity index is 1090. The maximum atomic E-state index is 12.6. The van der Waals surface area contributed by atoms with Crippen molar-refractivity contribution in [3.8, 4) is 5.75 Å². The Morgan fingerprint density at radius 1 is 1.11 bits per heavy atom. The fourth-order valence-electron chi connectivity index (χ4n) is 2.98. The van der Waals surface area contributed by atoms with Crippen LogP contribution in [0.5, 0.6) is 5.75 Å². The van der Waals surface area contributed by atoms with Crippen molar-refractivity contribution < 1.29 is 13.2 Å². The van der Waals surface area contributed by atoms with Gasteiger partial charge in [-0.05, 0) is 55.3 Å². The second kappa shape index (κ2) is 8.39. The SMILES string of the molecule is COc1ccc(S(=O)(=O)NCc2cccn2Cc2cc(C)ccc2C)cc1Cl. The third kappa shape index (κ3) is 4.58. The van der Waals surface area contributed by atoms with Crippen LogP contribution in [0.4, 0.5) is 0 Å². The maximum absolute atomic E-state index is 12.6. The Morgan fingerprint density at radius 3 is 2.61 bits per heavy atom. The molecule has 3 rings (SSSR count). The summed E-state index contributed by atoms with van der Waals surface area (Å²) in [7, 11) is -2.21. The number of sulfonamides is 1. The third-order valence-electron chi connectivity index (χ3n) is 4.65. The fraction of sp³-hybridized carbons (Fsp3) is 0.238. The molecule has 0 aliphatic rings. The van der Waals surface area contributed by atoms with Gasteiger partial charge in [-0.15, -0.1) is 0 Å². The quantitative estimate of drug-likeness (QED) is 0.622. The molecule has 0 aliphatic carbocycles. The lowest BCUT2D eigenvalue weighted by Gasteiger charge is -2.13. The van der Waals surface area contributed by atoms with Crippen LogP contribution in [0.25, 0.3) is 0 Å². The Hall–Kier alpha value is -2.28. The zero-order chi connectivity index (χ0) is 20.3. The van der Waals surface area contributed by atoms with Gasteiger partial charge in [-0.1, -0.05) is 35.4 Å². The van der Waals surface area contributed by atoms with Crippen molar-refractivity contribution >= 4 is 21.6 Å². The number of nitrogens with zero attached hydrogens (tertiary/aromatic N) is 1. The van der Waals surface area contributed by atoms with Crippen LogP contribution in [-0.2, 0) is 23.1 Å². The van der Waals surface area contributed by atoms with E-state index >= 15 is 0 Å². The van der Waals surface area contributed by atoms with E-state index in [4.69, 9.17) is 16.3 Å². The summed E-state index contributed by atoms with van der Waals surface area (Å²) >= 11 is 6.06. The highest BCUT2D eigenvalue weighted by molar-refractivity contribution is 7.89. The summed E-state index contributed by atoms with van der Waals surface area (Å²) in [5.41, 5.74) is 4.50. The molecule has 0 spiro atoms. The smallest absolute Gasteiger partial charge is 0.240 e. The molecule has 0 saturated carbocycles. The molecule has 0 radical (unpaired) electrons. The summed E-state index contributed by atoms with van der Waals surface area (Å²) in [6.07, 6.45) is 1.95. The minimum Gasteiger partial charge on any atom is -0.495 e. The molecule has 2 aromatic carbocycles. The molecule has 3 aromatic rings. The van der Waals surface area contributed by atoms with E-state index in [1.807, 2.05) is 22.9 Å². The number of halogens is 1. The Morgan fingerprint density at radius 2 is 1.89 bits per heavy atom. The van der Waals surface area contributed by atoms with E-state index in [0.717, 1.165) is 5.69 Å². The van der Waals surface area contributed by atoms with Gasteiger partial charge in [0.05, 0.1) is 23.6 Å². The van der Waals surface area contributed by atoms with Gasteiger partial charge in [-0.2, -0.15) is 0 Å². The highest BCUT2D eigenvalue weighted by Gasteiger charge is 2.17. The second-order valence-electron chi connectivity index (χ2n) is 6.68. The molecule has 1 heterocycles. The molecule has 148 valence electrons. The lowest BCUT2D eigenvalue weighted by atomic mass is 10.1. The summed E-state index contributed by atoms with van der Waals surface area (Å²) in [4.78, 5) is 0.103. The van der Waals surface area contributed by atoms with Crippen LogP contribution < -0.4 is 9.46 Å². The number of aryl methyl sites for hydroxylation is 2. The highest BCUT2D eigenvalue weighted by Crippen LogP contribution is 2.27. The fourth-order valence-corrected chi connectivity index (χ4v) is 4.33. The van der Waals surface area contributed by atoms with Gasteiger partial charge in [-0.3, -0.25) is 0 Å². The van der Waals surface area contributed by atoms with Crippen molar-refractivity contribution in [2.24, 2.45) is 0 Å². The van der Waals surface area contributed by atoms with Gasteiger partial charge < -0.3 is 9.30 Å². The topological polar surface area (TPSA) is 60.3 Å². The van der Waals surface area contributed by atoms with E-state index in [1.165, 1.54) is 35.9 Å². The van der Waals surface area contributed by atoms with Crippen LogP contribution in [0.1, 0.15) is 22.4 Å². The van der Waals surface area contributed by atoms with Crippen LogP contribution in [0.2, 0.25) is 5.02 Å². The molecule has 0 fully saturated rings. The van der Waals surface area contributed by atoms with Crippen molar-refractivity contribution in [2.75, 3.05) is 7.11 Å². The Balaban J connectivity index is 1.76. The van der Waals surface area contributed by atoms with E-state index in [-0.39, 0.29) is 16.5 Å². The van der Waals surface area contributed by atoms with Gasteiger partial charge >= 0.3 is 0 Å². The predicted octanol–water partition coefficient (Wildman–Crippen LogP) is 4.29. The van der Waals surface area contributed by atoms with Gasteiger partial charge in [0.1, 0.15) is 5.75 Å². The van der Waals surface area contributed by atoms with Crippen molar-refractivity contribution in [3.05, 3.63) is 82.1 Å². The van der Waals surface area contributed by atoms with Gasteiger partial charge in [0.25, 0.3) is 0 Å². The van der Waals surface area contributed by atoms with Gasteiger partial charge in [0.2, 0.25) is 10.0 Å². The lowest BCUT2D eigenvalue weighted by molar-refractivity contribution is 0.414. The van der Waals surface area contributed by atoms with Crippen molar-refractivity contribution in [3.63, 3.8) is 0 Å². The highest BCUT2D eigenvalue weighted by atomic mass is 35.5. The van der Waals surface area contributed by atoms with Crippen molar-refractivity contribution in [1.82, 2.24) is 9.29 Å². The van der Waals surface area contributed by atoms with E-state index in [0.29, 0.717) is 12.3 Å². The van der Waals surface area contributed by atoms with Crippen LogP contribution in [0.3, 0.4) is 0 Å². The number of benzene rings is 2. The summed E-state index contributed by atoms with van der Waals surface area (Å²) in [5.74, 6) is 0.433. The first-order valence-corrected chi connectivity index (χ1v) is 10.7. The molecule has 1 aromatic heterocycles. The number of nitrogens with one attached hydrogen (secondary N) is 1. The minimum absolute atomic E-state index is 0.103. The number of ether oxygens (including phenoxy) is 1. The number of aromatic nitrogens is 1. The molecular formula is C21H23ClN2O3S. The van der Waals surface area contributed by atoms with E-state index in [9.17, 15) is 8.42 Å². The van der Waals surface area contributed by atoms with Gasteiger partial charge in [0, 0.05) is 18.4 Å². The number of hydrogen-bond acceptors (Lipinski definition) is 3. The molecule has 0 amide bonds. The predicted molar refractivity (Wildman–Crippen MR) is 111 cm³/mol. The number of rotatable bonds is 7. The molecule has 0 atom stereocenters. The Kier molecular flexibility index (Phi) is 6.13. The molecule has 0 unspecified atom stereocenters. The molecule has 5 nitrogen and oxygen atoms in total. The largest absolute Gasteiger partial charge is 0.495 e. The first-order chi connectivity index (χ1) is 13.3. The Labute approximate surface area is 171 Å². The average Bonchev–Trinajstić information content (AvgIpc) is 3.10. The molecule has 0 aliphatic heterocycles. The van der Waals surface area contributed by atoms with Crippen LogP contribution in [0.15, 0.2) is 59.6 Å². The van der Waals surface area contributed by atoms with Gasteiger partial charge in [0.15, 0.2) is 0 Å². The van der Waals surface area contributed by atoms with E-state index in [2.05, 4.69) is 36.8 Å². The summed E-state index contributed by atoms with van der Waals surface area (Å²) in [5, 5.41) is 0.253. The maximum Gasteiger partial charge on any atom is 0.240 e. The first kappa shape index (κ1) is 20.5. The van der Waals surface area contributed by atoms with Gasteiger partial charge in [-0.25, -0.2) is 13.1 Å². The molecular weight excluding hydrogens is 396 g/mol.